The van der Waals surface area contributed by atoms with Crippen molar-refractivity contribution in [3.05, 3.63) is 108 Å². The van der Waals surface area contributed by atoms with E-state index < -0.39 is 0 Å². The Balaban J connectivity index is 1.26. The Morgan fingerprint density at radius 3 is 2.44 bits per heavy atom. The average molecular weight is 441 g/mol. The van der Waals surface area contributed by atoms with Crippen molar-refractivity contribution in [3.8, 4) is 5.75 Å². The van der Waals surface area contributed by atoms with E-state index in [0.717, 1.165) is 21.8 Å². The molecule has 0 radical (unpaired) electrons. The van der Waals surface area contributed by atoms with E-state index in [1.54, 1.807) is 6.21 Å². The molecule has 0 spiro atoms. The highest BCUT2D eigenvalue weighted by Crippen LogP contribution is 2.22. The number of carbonyl (C=O) groups excluding carboxylic acids is 1. The molecule has 0 unspecified atom stereocenters. The van der Waals surface area contributed by atoms with E-state index in [4.69, 9.17) is 4.74 Å². The molecule has 4 aromatic carbocycles. The van der Waals surface area contributed by atoms with Crippen LogP contribution >= 0.6 is 11.8 Å². The Hall–Kier alpha value is -3.57. The molecule has 32 heavy (non-hydrogen) atoms. The maximum atomic E-state index is 12.2. The van der Waals surface area contributed by atoms with E-state index >= 15 is 0 Å². The number of hydrogen-bond donors (Lipinski definition) is 1. The van der Waals surface area contributed by atoms with E-state index in [0.29, 0.717) is 6.61 Å². The fourth-order valence-electron chi connectivity index (χ4n) is 3.16. The smallest absolute Gasteiger partial charge is 0.253 e. The standard InChI is InChI=1S/C27H24N2O2S/c1-20(32-26-9-3-2-4-10-26)27(30)29-28-18-21-12-15-25(16-13-21)31-19-22-11-14-23-7-5-6-8-24(23)17-22/h2-18,20H,19H2,1H3,(H,29,30)/b28-18-/t20-/m1/s1. The van der Waals surface area contributed by atoms with Crippen molar-refractivity contribution < 1.29 is 9.53 Å². The van der Waals surface area contributed by atoms with E-state index in [1.165, 1.54) is 22.5 Å². The van der Waals surface area contributed by atoms with Crippen molar-refractivity contribution in [2.45, 2.75) is 23.7 Å². The van der Waals surface area contributed by atoms with Gasteiger partial charge in [-0.25, -0.2) is 5.43 Å². The highest BCUT2D eigenvalue weighted by Gasteiger charge is 2.13. The molecule has 0 heterocycles. The molecule has 1 amide bonds. The number of hydrogen-bond acceptors (Lipinski definition) is 4. The Bertz CT molecular complexity index is 1210. The molecule has 0 bridgehead atoms. The summed E-state index contributed by atoms with van der Waals surface area (Å²) >= 11 is 1.50. The minimum atomic E-state index is -0.236. The van der Waals surface area contributed by atoms with Crippen LogP contribution in [0, 0.1) is 0 Å². The number of nitrogens with one attached hydrogen (secondary N) is 1. The molecule has 1 N–H and O–H groups in total. The zero-order valence-electron chi connectivity index (χ0n) is 17.8. The first-order chi connectivity index (χ1) is 15.7. The number of benzene rings is 4. The Kier molecular flexibility index (Phi) is 7.20. The van der Waals surface area contributed by atoms with Gasteiger partial charge >= 0.3 is 0 Å². The first kappa shape index (κ1) is 21.7. The third-order valence-electron chi connectivity index (χ3n) is 4.91. The molecule has 160 valence electrons. The maximum Gasteiger partial charge on any atom is 0.253 e. The van der Waals surface area contributed by atoms with E-state index in [2.05, 4.69) is 40.9 Å². The van der Waals surface area contributed by atoms with Crippen molar-refractivity contribution in [3.63, 3.8) is 0 Å². The lowest BCUT2D eigenvalue weighted by Crippen LogP contribution is -2.26. The fraction of sp³-hybridized carbons (Fsp3) is 0.111. The van der Waals surface area contributed by atoms with Crippen LogP contribution in [0.3, 0.4) is 0 Å². The summed E-state index contributed by atoms with van der Waals surface area (Å²) in [7, 11) is 0. The summed E-state index contributed by atoms with van der Waals surface area (Å²) in [5.74, 6) is 0.651. The second kappa shape index (κ2) is 10.6. The molecule has 4 rings (SSSR count). The van der Waals surface area contributed by atoms with Crippen molar-refractivity contribution in [2.75, 3.05) is 0 Å². The number of ether oxygens (including phenoxy) is 1. The second-order valence-electron chi connectivity index (χ2n) is 7.35. The van der Waals surface area contributed by atoms with Crippen LogP contribution in [0.1, 0.15) is 18.1 Å². The average Bonchev–Trinajstić information content (AvgIpc) is 2.84. The predicted molar refractivity (Wildman–Crippen MR) is 132 cm³/mol. The summed E-state index contributed by atoms with van der Waals surface area (Å²) in [5.41, 5.74) is 4.61. The van der Waals surface area contributed by atoms with Gasteiger partial charge in [0.15, 0.2) is 0 Å². The van der Waals surface area contributed by atoms with Gasteiger partial charge in [-0.15, -0.1) is 11.8 Å². The molecule has 5 heteroatoms. The van der Waals surface area contributed by atoms with Gasteiger partial charge in [0, 0.05) is 4.90 Å². The lowest BCUT2D eigenvalue weighted by molar-refractivity contribution is -0.120. The molecule has 0 saturated heterocycles. The van der Waals surface area contributed by atoms with E-state index in [9.17, 15) is 4.79 Å². The second-order valence-corrected chi connectivity index (χ2v) is 8.76. The Morgan fingerprint density at radius 2 is 1.66 bits per heavy atom. The lowest BCUT2D eigenvalue weighted by atomic mass is 10.1. The normalized spacial score (nSPS) is 12.0. The molecule has 0 aliphatic carbocycles. The van der Waals surface area contributed by atoms with Gasteiger partial charge in [-0.3, -0.25) is 4.79 Å². The minimum Gasteiger partial charge on any atom is -0.489 e. The van der Waals surface area contributed by atoms with Crippen molar-refractivity contribution in [1.29, 1.82) is 0 Å². The van der Waals surface area contributed by atoms with Gasteiger partial charge in [-0.2, -0.15) is 5.10 Å². The first-order valence-corrected chi connectivity index (χ1v) is 11.3. The van der Waals surface area contributed by atoms with Crippen molar-refractivity contribution >= 4 is 34.7 Å². The first-order valence-electron chi connectivity index (χ1n) is 10.4. The summed E-state index contributed by atoms with van der Waals surface area (Å²) in [4.78, 5) is 13.3. The molecule has 4 aromatic rings. The van der Waals surface area contributed by atoms with Crippen molar-refractivity contribution in [1.82, 2.24) is 5.43 Å². The van der Waals surface area contributed by atoms with Crippen LogP contribution in [-0.4, -0.2) is 17.4 Å². The number of fused-ring (bicyclic) bond motifs is 1. The molecule has 1 atom stereocenters. The fourth-order valence-corrected chi connectivity index (χ4v) is 4.05. The topological polar surface area (TPSA) is 50.7 Å². The molecular weight excluding hydrogens is 416 g/mol. The van der Waals surface area contributed by atoms with E-state index in [1.807, 2.05) is 73.7 Å². The molecular formula is C27H24N2O2S. The van der Waals surface area contributed by atoms with E-state index in [-0.39, 0.29) is 11.2 Å². The summed E-state index contributed by atoms with van der Waals surface area (Å²) in [6.45, 7) is 2.37. The Morgan fingerprint density at radius 1 is 0.938 bits per heavy atom. The zero-order valence-corrected chi connectivity index (χ0v) is 18.6. The number of nitrogens with zero attached hydrogens (tertiary/aromatic N) is 1. The molecule has 0 aliphatic heterocycles. The predicted octanol–water partition coefficient (Wildman–Crippen LogP) is 6.05. The van der Waals surface area contributed by atoms with Gasteiger partial charge < -0.3 is 4.74 Å². The molecule has 0 saturated carbocycles. The minimum absolute atomic E-state index is 0.134. The van der Waals surface area contributed by atoms with Crippen LogP contribution in [0.5, 0.6) is 5.75 Å². The monoisotopic (exact) mass is 440 g/mol. The van der Waals surface area contributed by atoms with Gasteiger partial charge in [0.1, 0.15) is 12.4 Å². The van der Waals surface area contributed by atoms with Gasteiger partial charge in [0.05, 0.1) is 11.5 Å². The number of hydrazone groups is 1. The summed E-state index contributed by atoms with van der Waals surface area (Å²) in [6.07, 6.45) is 1.63. The SMILES string of the molecule is C[C@@H](Sc1ccccc1)C(=O)N/N=C\c1ccc(OCc2ccc3ccccc3c2)cc1. The number of amides is 1. The highest BCUT2D eigenvalue weighted by atomic mass is 32.2. The summed E-state index contributed by atoms with van der Waals surface area (Å²) in [5, 5.41) is 6.27. The highest BCUT2D eigenvalue weighted by molar-refractivity contribution is 8.00. The summed E-state index contributed by atoms with van der Waals surface area (Å²) < 4.78 is 5.91. The maximum absolute atomic E-state index is 12.2. The van der Waals surface area contributed by atoms with Crippen LogP contribution < -0.4 is 10.2 Å². The summed E-state index contributed by atoms with van der Waals surface area (Å²) in [6, 6.07) is 32.1. The van der Waals surface area contributed by atoms with Crippen LogP contribution in [0.2, 0.25) is 0 Å². The Labute approximate surface area is 192 Å². The largest absolute Gasteiger partial charge is 0.489 e. The molecule has 0 aromatic heterocycles. The van der Waals surface area contributed by atoms with Gasteiger partial charge in [0.25, 0.3) is 5.91 Å². The lowest BCUT2D eigenvalue weighted by Gasteiger charge is -2.09. The van der Waals surface area contributed by atoms with Crippen LogP contribution in [0.4, 0.5) is 0 Å². The van der Waals surface area contributed by atoms with Crippen LogP contribution in [-0.2, 0) is 11.4 Å². The van der Waals surface area contributed by atoms with Gasteiger partial charge in [-0.05, 0) is 71.3 Å². The van der Waals surface area contributed by atoms with Crippen LogP contribution in [0.15, 0.2) is 107 Å². The zero-order chi connectivity index (χ0) is 22.2. The molecule has 4 nitrogen and oxygen atoms in total. The molecule has 0 fully saturated rings. The number of thioether (sulfide) groups is 1. The number of rotatable bonds is 8. The number of carbonyl (C=O) groups is 1. The third-order valence-corrected chi connectivity index (χ3v) is 6.03. The van der Waals surface area contributed by atoms with Crippen molar-refractivity contribution in [2.24, 2.45) is 5.10 Å². The third kappa shape index (κ3) is 5.99. The quantitative estimate of drug-likeness (QED) is 0.206. The molecule has 0 aliphatic rings. The van der Waals surface area contributed by atoms with Gasteiger partial charge in [0.2, 0.25) is 0 Å². The van der Waals surface area contributed by atoms with Gasteiger partial charge in [-0.1, -0.05) is 54.6 Å². The van der Waals surface area contributed by atoms with Crippen LogP contribution in [0.25, 0.3) is 10.8 Å².